The lowest BCUT2D eigenvalue weighted by Gasteiger charge is -2.17. The molecule has 154 valence electrons. The van der Waals surface area contributed by atoms with E-state index in [-0.39, 0.29) is 24.2 Å². The molecule has 6 heteroatoms. The van der Waals surface area contributed by atoms with E-state index in [9.17, 15) is 9.18 Å². The van der Waals surface area contributed by atoms with Gasteiger partial charge >= 0.3 is 0 Å². The number of H-pyrrole nitrogens is 1. The van der Waals surface area contributed by atoms with E-state index in [2.05, 4.69) is 10.3 Å². The van der Waals surface area contributed by atoms with Crippen LogP contribution in [0.25, 0.3) is 10.9 Å². The number of rotatable bonds is 8. The van der Waals surface area contributed by atoms with Crippen LogP contribution in [0.2, 0.25) is 0 Å². The average Bonchev–Trinajstić information content (AvgIpc) is 2.98. The summed E-state index contributed by atoms with van der Waals surface area (Å²) >= 11 is 0. The summed E-state index contributed by atoms with van der Waals surface area (Å²) < 4.78 is 24.9. The normalized spacial score (nSPS) is 12.0. The van der Waals surface area contributed by atoms with Crippen LogP contribution < -0.4 is 14.8 Å². The Hall–Kier alpha value is -3.02. The van der Waals surface area contributed by atoms with Crippen LogP contribution in [0.3, 0.4) is 0 Å². The predicted octanol–water partition coefficient (Wildman–Crippen LogP) is 4.83. The molecular formula is C23H27FN2O3. The van der Waals surface area contributed by atoms with Gasteiger partial charge in [-0.3, -0.25) is 4.79 Å². The molecule has 0 saturated heterocycles. The molecule has 0 aliphatic heterocycles. The largest absolute Gasteiger partial charge is 0.490 e. The average molecular weight is 398 g/mol. The minimum absolute atomic E-state index is 0.127. The zero-order valence-corrected chi connectivity index (χ0v) is 17.3. The van der Waals surface area contributed by atoms with Crippen molar-refractivity contribution in [1.29, 1.82) is 0 Å². The first-order chi connectivity index (χ1) is 13.9. The van der Waals surface area contributed by atoms with Crippen molar-refractivity contribution in [3.63, 3.8) is 0 Å². The monoisotopic (exact) mass is 398 g/mol. The third-order valence-electron chi connectivity index (χ3n) is 4.86. The van der Waals surface area contributed by atoms with Gasteiger partial charge in [0.1, 0.15) is 5.82 Å². The molecule has 3 rings (SSSR count). The van der Waals surface area contributed by atoms with Gasteiger partial charge in [-0.2, -0.15) is 0 Å². The summed E-state index contributed by atoms with van der Waals surface area (Å²) in [6, 6.07) is 10.0. The van der Waals surface area contributed by atoms with E-state index in [1.165, 1.54) is 12.1 Å². The number of benzene rings is 2. The zero-order chi connectivity index (χ0) is 21.0. The molecule has 0 bridgehead atoms. The van der Waals surface area contributed by atoms with E-state index in [0.29, 0.717) is 24.7 Å². The predicted molar refractivity (Wildman–Crippen MR) is 112 cm³/mol. The number of aromatic amines is 1. The summed E-state index contributed by atoms with van der Waals surface area (Å²) in [4.78, 5) is 15.9. The van der Waals surface area contributed by atoms with Crippen molar-refractivity contribution < 1.29 is 18.7 Å². The standard InChI is InChI=1S/C23H27FN2O3/c1-5-28-21-10-7-16(11-22(21)29-6-2)14(3)26-23(27)13-18-15(4)25-20-9-8-17(24)12-19(18)20/h7-12,14,25H,5-6,13H2,1-4H3,(H,26,27). The van der Waals surface area contributed by atoms with Crippen LogP contribution >= 0.6 is 0 Å². The quantitative estimate of drug-likeness (QED) is 0.571. The van der Waals surface area contributed by atoms with Crippen LogP contribution in [-0.4, -0.2) is 24.1 Å². The van der Waals surface area contributed by atoms with Gasteiger partial charge in [0.25, 0.3) is 0 Å². The van der Waals surface area contributed by atoms with Crippen molar-refractivity contribution in [2.24, 2.45) is 0 Å². The molecule has 1 unspecified atom stereocenters. The lowest BCUT2D eigenvalue weighted by atomic mass is 10.0. The van der Waals surface area contributed by atoms with Gasteiger partial charge < -0.3 is 19.8 Å². The highest BCUT2D eigenvalue weighted by molar-refractivity contribution is 5.90. The molecule has 3 aromatic rings. The Morgan fingerprint density at radius 1 is 1.10 bits per heavy atom. The van der Waals surface area contributed by atoms with Gasteiger partial charge in [-0.1, -0.05) is 6.07 Å². The summed E-state index contributed by atoms with van der Waals surface area (Å²) in [5.74, 6) is 0.908. The van der Waals surface area contributed by atoms with Crippen molar-refractivity contribution in [2.45, 2.75) is 40.2 Å². The third-order valence-corrected chi connectivity index (χ3v) is 4.86. The lowest BCUT2D eigenvalue weighted by Crippen LogP contribution is -2.28. The molecule has 0 fully saturated rings. The van der Waals surface area contributed by atoms with Gasteiger partial charge in [0.15, 0.2) is 11.5 Å². The molecular weight excluding hydrogens is 371 g/mol. The molecule has 0 radical (unpaired) electrons. The second kappa shape index (κ2) is 8.99. The minimum Gasteiger partial charge on any atom is -0.490 e. The fraction of sp³-hybridized carbons (Fsp3) is 0.348. The number of hydrogen-bond donors (Lipinski definition) is 2. The molecule has 1 amide bonds. The highest BCUT2D eigenvalue weighted by atomic mass is 19.1. The Bertz CT molecular complexity index is 1010. The van der Waals surface area contributed by atoms with Crippen LogP contribution in [0.4, 0.5) is 4.39 Å². The molecule has 1 aromatic heterocycles. The molecule has 2 N–H and O–H groups in total. The molecule has 29 heavy (non-hydrogen) atoms. The van der Waals surface area contributed by atoms with Gasteiger partial charge in [-0.05, 0) is 69.2 Å². The van der Waals surface area contributed by atoms with Crippen LogP contribution in [0, 0.1) is 12.7 Å². The number of hydrogen-bond acceptors (Lipinski definition) is 3. The van der Waals surface area contributed by atoms with E-state index in [1.807, 2.05) is 45.9 Å². The molecule has 0 aliphatic carbocycles. The second-order valence-corrected chi connectivity index (χ2v) is 6.96. The Morgan fingerprint density at radius 2 is 1.83 bits per heavy atom. The fourth-order valence-electron chi connectivity index (χ4n) is 3.46. The molecule has 0 spiro atoms. The first-order valence-electron chi connectivity index (χ1n) is 9.88. The number of carbonyl (C=O) groups is 1. The summed E-state index contributed by atoms with van der Waals surface area (Å²) in [5.41, 5.74) is 3.43. The number of amides is 1. The number of carbonyl (C=O) groups excluding carboxylic acids is 1. The third kappa shape index (κ3) is 4.70. The van der Waals surface area contributed by atoms with Crippen LogP contribution in [-0.2, 0) is 11.2 Å². The number of aryl methyl sites for hydroxylation is 1. The van der Waals surface area contributed by atoms with Crippen molar-refractivity contribution in [3.05, 3.63) is 59.0 Å². The first-order valence-corrected chi connectivity index (χ1v) is 9.88. The zero-order valence-electron chi connectivity index (χ0n) is 17.3. The van der Waals surface area contributed by atoms with Crippen molar-refractivity contribution in [3.8, 4) is 11.5 Å². The maximum atomic E-state index is 13.6. The van der Waals surface area contributed by atoms with Crippen molar-refractivity contribution in [2.75, 3.05) is 13.2 Å². The van der Waals surface area contributed by atoms with E-state index in [1.54, 1.807) is 6.07 Å². The number of ether oxygens (including phenoxy) is 2. The molecule has 1 atom stereocenters. The summed E-state index contributed by atoms with van der Waals surface area (Å²) in [5, 5.41) is 3.76. The topological polar surface area (TPSA) is 63.3 Å². The van der Waals surface area contributed by atoms with Crippen LogP contribution in [0.15, 0.2) is 36.4 Å². The summed E-state index contributed by atoms with van der Waals surface area (Å²) in [6.45, 7) is 8.73. The van der Waals surface area contributed by atoms with E-state index in [4.69, 9.17) is 9.47 Å². The van der Waals surface area contributed by atoms with Crippen LogP contribution in [0.5, 0.6) is 11.5 Å². The highest BCUT2D eigenvalue weighted by Gasteiger charge is 2.17. The number of nitrogens with one attached hydrogen (secondary N) is 2. The maximum absolute atomic E-state index is 13.6. The molecule has 2 aromatic carbocycles. The second-order valence-electron chi connectivity index (χ2n) is 6.96. The number of aromatic nitrogens is 1. The van der Waals surface area contributed by atoms with Crippen molar-refractivity contribution in [1.82, 2.24) is 10.3 Å². The minimum atomic E-state index is -0.315. The van der Waals surface area contributed by atoms with Gasteiger partial charge in [0.2, 0.25) is 5.91 Å². The lowest BCUT2D eigenvalue weighted by molar-refractivity contribution is -0.121. The Labute approximate surface area is 170 Å². The van der Waals surface area contributed by atoms with Gasteiger partial charge in [-0.25, -0.2) is 4.39 Å². The fourth-order valence-corrected chi connectivity index (χ4v) is 3.46. The van der Waals surface area contributed by atoms with E-state index >= 15 is 0 Å². The SMILES string of the molecule is CCOc1ccc(C(C)NC(=O)Cc2c(C)[nH]c3ccc(F)cc23)cc1OCC. The van der Waals surface area contributed by atoms with E-state index < -0.39 is 0 Å². The van der Waals surface area contributed by atoms with Gasteiger partial charge in [0, 0.05) is 16.6 Å². The Morgan fingerprint density at radius 3 is 2.55 bits per heavy atom. The maximum Gasteiger partial charge on any atom is 0.224 e. The summed E-state index contributed by atoms with van der Waals surface area (Å²) in [7, 11) is 0. The Balaban J connectivity index is 1.75. The van der Waals surface area contributed by atoms with Gasteiger partial charge in [-0.15, -0.1) is 0 Å². The molecule has 0 saturated carbocycles. The van der Waals surface area contributed by atoms with Gasteiger partial charge in [0.05, 0.1) is 25.7 Å². The molecule has 1 heterocycles. The Kier molecular flexibility index (Phi) is 6.42. The number of fused-ring (bicyclic) bond motifs is 1. The smallest absolute Gasteiger partial charge is 0.224 e. The van der Waals surface area contributed by atoms with E-state index in [0.717, 1.165) is 27.7 Å². The summed E-state index contributed by atoms with van der Waals surface area (Å²) in [6.07, 6.45) is 0.176. The van der Waals surface area contributed by atoms with Crippen LogP contribution in [0.1, 0.15) is 43.6 Å². The number of halogens is 1. The highest BCUT2D eigenvalue weighted by Crippen LogP contribution is 2.31. The first kappa shape index (κ1) is 20.7. The molecule has 5 nitrogen and oxygen atoms in total. The molecule has 0 aliphatic rings. The van der Waals surface area contributed by atoms with Crippen molar-refractivity contribution >= 4 is 16.8 Å².